The number of anilines is 2. The van der Waals surface area contributed by atoms with Crippen molar-refractivity contribution < 1.29 is 13.9 Å². The van der Waals surface area contributed by atoms with Crippen molar-refractivity contribution in [1.82, 2.24) is 20.2 Å². The maximum absolute atomic E-state index is 14.7. The summed E-state index contributed by atoms with van der Waals surface area (Å²) in [4.78, 5) is 29.3. The van der Waals surface area contributed by atoms with Crippen molar-refractivity contribution in [3.05, 3.63) is 63.7 Å². The first-order chi connectivity index (χ1) is 21.3. The van der Waals surface area contributed by atoms with Crippen LogP contribution in [0, 0.1) is 24.6 Å². The van der Waals surface area contributed by atoms with Gasteiger partial charge in [0.25, 0.3) is 0 Å². The lowest BCUT2D eigenvalue weighted by Crippen LogP contribution is -2.43. The second-order valence-corrected chi connectivity index (χ2v) is 13.8. The second-order valence-electron chi connectivity index (χ2n) is 13.0. The monoisotopic (exact) mass is 662 g/mol. The molecule has 0 bridgehead atoms. The van der Waals surface area contributed by atoms with E-state index in [2.05, 4.69) is 61.6 Å². The minimum Gasteiger partial charge on any atom is -0.461 e. The van der Waals surface area contributed by atoms with Gasteiger partial charge in [-0.15, -0.1) is 0 Å². The van der Waals surface area contributed by atoms with Crippen LogP contribution in [0.2, 0.25) is 0 Å². The molecule has 1 N–H and O–H groups in total. The number of nitrogens with zero attached hydrogens (tertiary/aromatic N) is 5. The molecular formula is C34H40BrFN6O2. The quantitative estimate of drug-likeness (QED) is 0.322. The average Bonchev–Trinajstić information content (AvgIpc) is 3.75. The number of hydrogen-bond acceptors (Lipinski definition) is 8. The van der Waals surface area contributed by atoms with Crippen LogP contribution in [0.3, 0.4) is 0 Å². The highest BCUT2D eigenvalue weighted by Crippen LogP contribution is 2.42. The fourth-order valence-electron chi connectivity index (χ4n) is 8.04. The lowest BCUT2D eigenvalue weighted by Gasteiger charge is -2.34. The number of aldehydes is 1. The van der Waals surface area contributed by atoms with Crippen LogP contribution >= 0.6 is 15.9 Å². The smallest absolute Gasteiger partial charge is 0.318 e. The molecule has 4 aliphatic heterocycles. The summed E-state index contributed by atoms with van der Waals surface area (Å²) in [6, 6.07) is 7.98. The number of carbonyl (C=O) groups is 1. The van der Waals surface area contributed by atoms with E-state index in [1.54, 1.807) is 0 Å². The molecule has 3 saturated heterocycles. The molecule has 1 aromatic heterocycles. The van der Waals surface area contributed by atoms with E-state index >= 15 is 0 Å². The predicted octanol–water partition coefficient (Wildman–Crippen LogP) is 5.39. The number of ether oxygens (including phenoxy) is 1. The first-order valence-corrected chi connectivity index (χ1v) is 16.6. The number of halogens is 2. The SMILES string of the molecule is C=C(NC)C1CN(c2nc(OCC34CCCN3CCC4)nc3c2CCN(c2cc(C)cc4ccc(F)c(Br)c24)C3)CC1C=O. The van der Waals surface area contributed by atoms with Crippen molar-refractivity contribution in [1.29, 1.82) is 0 Å². The van der Waals surface area contributed by atoms with Crippen molar-refractivity contribution in [3.63, 3.8) is 0 Å². The minimum atomic E-state index is -0.274. The third-order valence-corrected chi connectivity index (χ3v) is 11.2. The first-order valence-electron chi connectivity index (χ1n) is 15.8. The molecule has 232 valence electrons. The molecule has 4 aliphatic rings. The molecule has 3 fully saturated rings. The van der Waals surface area contributed by atoms with E-state index in [0.29, 0.717) is 36.7 Å². The lowest BCUT2D eigenvalue weighted by molar-refractivity contribution is -0.111. The van der Waals surface area contributed by atoms with E-state index in [1.165, 1.54) is 18.9 Å². The van der Waals surface area contributed by atoms with Crippen molar-refractivity contribution >= 4 is 44.5 Å². The van der Waals surface area contributed by atoms with Gasteiger partial charge < -0.3 is 24.6 Å². The maximum atomic E-state index is 14.7. The predicted molar refractivity (Wildman–Crippen MR) is 175 cm³/mol. The fourth-order valence-corrected chi connectivity index (χ4v) is 8.61. The Morgan fingerprint density at radius 2 is 1.98 bits per heavy atom. The summed E-state index contributed by atoms with van der Waals surface area (Å²) in [6.07, 6.45) is 6.47. The van der Waals surface area contributed by atoms with Crippen LogP contribution in [0.1, 0.15) is 42.5 Å². The normalized spacial score (nSPS) is 22.7. The molecule has 0 radical (unpaired) electrons. The third kappa shape index (κ3) is 5.04. The number of aromatic nitrogens is 2. The van der Waals surface area contributed by atoms with Crippen LogP contribution in [-0.2, 0) is 17.8 Å². The van der Waals surface area contributed by atoms with Crippen LogP contribution in [0.5, 0.6) is 6.01 Å². The molecule has 3 aromatic rings. The van der Waals surface area contributed by atoms with Crippen molar-refractivity contribution in [2.24, 2.45) is 11.8 Å². The van der Waals surface area contributed by atoms with Gasteiger partial charge in [0, 0.05) is 60.9 Å². The van der Waals surface area contributed by atoms with Gasteiger partial charge in [-0.1, -0.05) is 18.7 Å². The van der Waals surface area contributed by atoms with E-state index in [4.69, 9.17) is 14.7 Å². The number of hydrogen-bond donors (Lipinski definition) is 1. The van der Waals surface area contributed by atoms with Gasteiger partial charge >= 0.3 is 6.01 Å². The van der Waals surface area contributed by atoms with Gasteiger partial charge in [-0.25, -0.2) is 4.39 Å². The zero-order chi connectivity index (χ0) is 30.6. The Balaban J connectivity index is 1.26. The Morgan fingerprint density at radius 3 is 2.73 bits per heavy atom. The van der Waals surface area contributed by atoms with E-state index in [0.717, 1.165) is 90.0 Å². The molecule has 2 unspecified atom stereocenters. The van der Waals surface area contributed by atoms with Gasteiger partial charge in [0.05, 0.1) is 22.3 Å². The Hall–Kier alpha value is -3.24. The standard InChI is InChI=1S/C34H40BrFN6O2/c1-21-14-23-6-7-27(36)31(35)30(23)29(15-21)40-13-8-25-28(18-40)38-33(44-20-34-9-4-11-42(34)12-5-10-34)39-32(25)41-16-24(19-43)26(17-41)22(2)37-3/h6-7,14-15,19,24,26,37H,2,4-5,8-13,16-18,20H2,1,3H3. The summed E-state index contributed by atoms with van der Waals surface area (Å²) >= 11 is 3.53. The molecule has 5 heterocycles. The molecule has 7 rings (SSSR count). The van der Waals surface area contributed by atoms with Gasteiger partial charge in [-0.3, -0.25) is 4.90 Å². The van der Waals surface area contributed by atoms with Crippen molar-refractivity contribution in [2.75, 3.05) is 56.2 Å². The number of nitrogens with one attached hydrogen (secondary N) is 1. The van der Waals surface area contributed by atoms with Crippen LogP contribution in [0.15, 0.2) is 41.0 Å². The Morgan fingerprint density at radius 1 is 1.18 bits per heavy atom. The highest BCUT2D eigenvalue weighted by molar-refractivity contribution is 9.10. The molecule has 8 nitrogen and oxygen atoms in total. The first kappa shape index (κ1) is 29.5. The number of carbonyl (C=O) groups excluding carboxylic acids is 1. The molecule has 44 heavy (non-hydrogen) atoms. The number of aryl methyl sites for hydroxylation is 1. The summed E-state index contributed by atoms with van der Waals surface area (Å²) in [6.45, 7) is 11.6. The van der Waals surface area contributed by atoms with Gasteiger partial charge in [0.2, 0.25) is 0 Å². The lowest BCUT2D eigenvalue weighted by atomic mass is 9.95. The number of benzene rings is 2. The largest absolute Gasteiger partial charge is 0.461 e. The highest BCUT2D eigenvalue weighted by atomic mass is 79.9. The Bertz CT molecular complexity index is 1620. The van der Waals surface area contributed by atoms with Crippen LogP contribution in [0.4, 0.5) is 15.9 Å². The van der Waals surface area contributed by atoms with Crippen molar-refractivity contribution in [3.8, 4) is 6.01 Å². The highest BCUT2D eigenvalue weighted by Gasteiger charge is 2.45. The Labute approximate surface area is 266 Å². The topological polar surface area (TPSA) is 73.8 Å². The van der Waals surface area contributed by atoms with E-state index in [-0.39, 0.29) is 23.2 Å². The zero-order valence-corrected chi connectivity index (χ0v) is 27.1. The van der Waals surface area contributed by atoms with Crippen LogP contribution in [0.25, 0.3) is 10.8 Å². The number of rotatable bonds is 8. The molecular weight excluding hydrogens is 623 g/mol. The fraction of sp³-hybridized carbons (Fsp3) is 0.500. The Kier molecular flexibility index (Phi) is 7.77. The van der Waals surface area contributed by atoms with Gasteiger partial charge in [0.15, 0.2) is 0 Å². The summed E-state index contributed by atoms with van der Waals surface area (Å²) < 4.78 is 21.7. The molecule has 0 aliphatic carbocycles. The van der Waals surface area contributed by atoms with Crippen LogP contribution in [-0.4, -0.2) is 73.1 Å². The van der Waals surface area contributed by atoms with Crippen LogP contribution < -0.4 is 19.9 Å². The average molecular weight is 664 g/mol. The summed E-state index contributed by atoms with van der Waals surface area (Å²) in [5, 5.41) is 5.03. The van der Waals surface area contributed by atoms with E-state index in [1.807, 2.05) is 13.1 Å². The number of fused-ring (bicyclic) bond motifs is 3. The molecule has 2 aromatic carbocycles. The summed E-state index contributed by atoms with van der Waals surface area (Å²) in [5.74, 6) is 0.420. The van der Waals surface area contributed by atoms with E-state index in [9.17, 15) is 9.18 Å². The maximum Gasteiger partial charge on any atom is 0.318 e. The van der Waals surface area contributed by atoms with Gasteiger partial charge in [-0.2, -0.15) is 9.97 Å². The zero-order valence-electron chi connectivity index (χ0n) is 25.5. The molecule has 0 amide bonds. The van der Waals surface area contributed by atoms with Gasteiger partial charge in [0.1, 0.15) is 24.5 Å². The molecule has 10 heteroatoms. The molecule has 0 saturated carbocycles. The molecule has 0 spiro atoms. The summed E-state index contributed by atoms with van der Waals surface area (Å²) in [7, 11) is 1.86. The van der Waals surface area contributed by atoms with Crippen molar-refractivity contribution in [2.45, 2.75) is 51.1 Å². The molecule has 2 atom stereocenters. The minimum absolute atomic E-state index is 0.00269. The van der Waals surface area contributed by atoms with E-state index < -0.39 is 0 Å². The summed E-state index contributed by atoms with van der Waals surface area (Å²) in [5.41, 5.74) is 5.06. The second kappa shape index (κ2) is 11.6. The van der Waals surface area contributed by atoms with Gasteiger partial charge in [-0.05, 0) is 91.1 Å². The third-order valence-electron chi connectivity index (χ3n) is 10.4.